The molecule has 6 nitrogen and oxygen atoms in total. The lowest BCUT2D eigenvalue weighted by atomic mass is 9.94. The van der Waals surface area contributed by atoms with Gasteiger partial charge in [0.05, 0.1) is 32.0 Å². The van der Waals surface area contributed by atoms with Gasteiger partial charge in [-0.05, 0) is 67.0 Å². The van der Waals surface area contributed by atoms with Gasteiger partial charge in [-0.1, -0.05) is 49.7 Å². The van der Waals surface area contributed by atoms with Crippen LogP contribution in [0.4, 0.5) is 0 Å². The monoisotopic (exact) mass is 504 g/mol. The minimum Gasteiger partial charge on any atom is -0.476 e. The number of rotatable bonds is 7. The second-order valence-electron chi connectivity index (χ2n) is 9.02. The number of aliphatic hydroxyl groups is 2. The van der Waals surface area contributed by atoms with Crippen molar-refractivity contribution < 1.29 is 29.2 Å². The minimum atomic E-state index is -0.884. The highest BCUT2D eigenvalue weighted by Gasteiger charge is 2.44. The first-order valence-electron chi connectivity index (χ1n) is 12.5. The Labute approximate surface area is 213 Å². The molecule has 1 saturated carbocycles. The summed E-state index contributed by atoms with van der Waals surface area (Å²) in [6.45, 7) is 3.89. The zero-order valence-electron chi connectivity index (χ0n) is 20.8. The van der Waals surface area contributed by atoms with Gasteiger partial charge >= 0.3 is 5.97 Å². The smallest absolute Gasteiger partial charge is 0.350 e. The van der Waals surface area contributed by atoms with E-state index in [0.29, 0.717) is 42.9 Å². The molecule has 1 saturated heterocycles. The third-order valence-electron chi connectivity index (χ3n) is 6.62. The molecule has 0 radical (unpaired) electrons. The molecule has 0 amide bonds. The Kier molecular flexibility index (Phi) is 9.99. The van der Waals surface area contributed by atoms with Crippen molar-refractivity contribution >= 4 is 17.6 Å². The van der Waals surface area contributed by atoms with Crippen LogP contribution in [0.2, 0.25) is 5.02 Å². The Morgan fingerprint density at radius 1 is 1.11 bits per heavy atom. The maximum Gasteiger partial charge on any atom is 0.350 e. The standard InChI is InChI=1S/C26H31ClO6.C2H6/c1-31-25(30)26(10-2-3-11-26)33-21-7-4-17(5-8-21)12-19-13-18(6-9-23(19)27)24-15-20(29)14-22(16-28)32-24;1-2/h4-9,13,20,22,24,28-29H,2-3,10-12,14-16H2,1H3;1-2H3/t20-,22-,24+;/m0./s1. The van der Waals surface area contributed by atoms with E-state index in [1.807, 2.05) is 56.3 Å². The van der Waals surface area contributed by atoms with Crippen LogP contribution in [0, 0.1) is 0 Å². The molecule has 1 aliphatic heterocycles. The lowest BCUT2D eigenvalue weighted by Crippen LogP contribution is -2.42. The fourth-order valence-corrected chi connectivity index (χ4v) is 5.04. The van der Waals surface area contributed by atoms with Gasteiger partial charge in [0.15, 0.2) is 0 Å². The molecular weight excluding hydrogens is 468 g/mol. The van der Waals surface area contributed by atoms with Crippen molar-refractivity contribution in [2.45, 2.75) is 82.7 Å². The van der Waals surface area contributed by atoms with Gasteiger partial charge in [0.1, 0.15) is 5.75 Å². The normalized spacial score (nSPS) is 23.2. The summed E-state index contributed by atoms with van der Waals surface area (Å²) in [6, 6.07) is 13.5. The minimum absolute atomic E-state index is 0.111. The van der Waals surface area contributed by atoms with Gasteiger partial charge in [-0.2, -0.15) is 0 Å². The number of carbonyl (C=O) groups excluding carboxylic acids is 1. The lowest BCUT2D eigenvalue weighted by Gasteiger charge is -2.32. The van der Waals surface area contributed by atoms with Crippen molar-refractivity contribution in [3.63, 3.8) is 0 Å². The fourth-order valence-electron chi connectivity index (χ4n) is 4.85. The molecule has 1 heterocycles. The van der Waals surface area contributed by atoms with Gasteiger partial charge in [0.2, 0.25) is 5.60 Å². The van der Waals surface area contributed by atoms with Crippen molar-refractivity contribution in [2.75, 3.05) is 13.7 Å². The largest absolute Gasteiger partial charge is 0.476 e. The van der Waals surface area contributed by atoms with E-state index in [-0.39, 0.29) is 24.8 Å². The fraction of sp³-hybridized carbons (Fsp3) is 0.536. The summed E-state index contributed by atoms with van der Waals surface area (Å²) < 4.78 is 17.0. The van der Waals surface area contributed by atoms with E-state index in [1.54, 1.807) is 0 Å². The number of benzene rings is 2. The lowest BCUT2D eigenvalue weighted by molar-refractivity contribution is -0.158. The molecule has 2 aromatic rings. The van der Waals surface area contributed by atoms with E-state index < -0.39 is 11.7 Å². The second kappa shape index (κ2) is 12.7. The first kappa shape index (κ1) is 27.5. The number of ether oxygens (including phenoxy) is 3. The molecule has 192 valence electrons. The highest BCUT2D eigenvalue weighted by molar-refractivity contribution is 6.31. The summed E-state index contributed by atoms with van der Waals surface area (Å²) in [5.74, 6) is 0.330. The molecule has 4 rings (SSSR count). The van der Waals surface area contributed by atoms with E-state index >= 15 is 0 Å². The second-order valence-corrected chi connectivity index (χ2v) is 9.43. The molecule has 0 bridgehead atoms. The van der Waals surface area contributed by atoms with Crippen LogP contribution in [-0.4, -0.2) is 47.7 Å². The summed E-state index contributed by atoms with van der Waals surface area (Å²) in [5, 5.41) is 20.2. The average molecular weight is 505 g/mol. The van der Waals surface area contributed by atoms with Crippen molar-refractivity contribution in [1.82, 2.24) is 0 Å². The Balaban J connectivity index is 0.00000167. The number of esters is 1. The van der Waals surface area contributed by atoms with Crippen LogP contribution in [0.15, 0.2) is 42.5 Å². The molecule has 0 spiro atoms. The van der Waals surface area contributed by atoms with E-state index in [1.165, 1.54) is 7.11 Å². The third kappa shape index (κ3) is 6.76. The van der Waals surface area contributed by atoms with Crippen molar-refractivity contribution in [1.29, 1.82) is 0 Å². The van der Waals surface area contributed by atoms with Gasteiger partial charge in [0.25, 0.3) is 0 Å². The van der Waals surface area contributed by atoms with Gasteiger partial charge in [-0.3, -0.25) is 0 Å². The molecule has 2 fully saturated rings. The molecule has 2 aliphatic rings. The van der Waals surface area contributed by atoms with Gasteiger partial charge < -0.3 is 24.4 Å². The topological polar surface area (TPSA) is 85.2 Å². The Hall–Kier alpha value is -2.12. The molecular formula is C28H37ClO6. The van der Waals surface area contributed by atoms with Crippen molar-refractivity contribution in [3.05, 3.63) is 64.2 Å². The van der Waals surface area contributed by atoms with Crippen LogP contribution >= 0.6 is 11.6 Å². The van der Waals surface area contributed by atoms with Crippen LogP contribution in [-0.2, 0) is 20.7 Å². The van der Waals surface area contributed by atoms with E-state index in [0.717, 1.165) is 29.5 Å². The quantitative estimate of drug-likeness (QED) is 0.491. The molecule has 2 N–H and O–H groups in total. The SMILES string of the molecule is CC.COC(=O)C1(Oc2ccc(Cc3cc([C@H]4C[C@@H](O)C[C@@H](CO)O4)ccc3Cl)cc2)CCCC1. The maximum atomic E-state index is 12.3. The van der Waals surface area contributed by atoms with E-state index in [2.05, 4.69) is 0 Å². The van der Waals surface area contributed by atoms with Crippen LogP contribution in [0.3, 0.4) is 0 Å². The first-order valence-corrected chi connectivity index (χ1v) is 12.9. The molecule has 0 unspecified atom stereocenters. The molecule has 3 atom stereocenters. The molecule has 1 aliphatic carbocycles. The van der Waals surface area contributed by atoms with Crippen LogP contribution in [0.25, 0.3) is 0 Å². The average Bonchev–Trinajstić information content (AvgIpc) is 3.36. The predicted octanol–water partition coefficient (Wildman–Crippen LogP) is 5.39. The number of aliphatic hydroxyl groups excluding tert-OH is 2. The van der Waals surface area contributed by atoms with E-state index in [4.69, 9.17) is 25.8 Å². The van der Waals surface area contributed by atoms with Gasteiger partial charge in [0, 0.05) is 17.9 Å². The van der Waals surface area contributed by atoms with Crippen LogP contribution < -0.4 is 4.74 Å². The Morgan fingerprint density at radius 2 is 1.80 bits per heavy atom. The van der Waals surface area contributed by atoms with Gasteiger partial charge in [-0.15, -0.1) is 0 Å². The number of carbonyl (C=O) groups is 1. The summed E-state index contributed by atoms with van der Waals surface area (Å²) >= 11 is 6.48. The Bertz CT molecular complexity index is 954. The predicted molar refractivity (Wildman–Crippen MR) is 136 cm³/mol. The van der Waals surface area contributed by atoms with Gasteiger partial charge in [-0.25, -0.2) is 4.79 Å². The summed E-state index contributed by atoms with van der Waals surface area (Å²) in [5.41, 5.74) is 2.06. The molecule has 0 aromatic heterocycles. The van der Waals surface area contributed by atoms with Crippen LogP contribution in [0.5, 0.6) is 5.75 Å². The molecule has 7 heteroatoms. The number of hydrogen-bond acceptors (Lipinski definition) is 6. The van der Waals surface area contributed by atoms with Crippen molar-refractivity contribution in [3.8, 4) is 5.75 Å². The summed E-state index contributed by atoms with van der Waals surface area (Å²) in [7, 11) is 1.40. The molecule has 35 heavy (non-hydrogen) atoms. The van der Waals surface area contributed by atoms with Crippen molar-refractivity contribution in [2.24, 2.45) is 0 Å². The third-order valence-corrected chi connectivity index (χ3v) is 6.99. The maximum absolute atomic E-state index is 12.3. The number of halogens is 1. The van der Waals surface area contributed by atoms with Crippen LogP contribution in [0.1, 0.15) is 75.2 Å². The summed E-state index contributed by atoms with van der Waals surface area (Å²) in [6.07, 6.45) is 3.64. The highest BCUT2D eigenvalue weighted by Crippen LogP contribution is 2.36. The molecule has 2 aromatic carbocycles. The Morgan fingerprint density at radius 3 is 2.43 bits per heavy atom. The van der Waals surface area contributed by atoms with E-state index in [9.17, 15) is 15.0 Å². The first-order chi connectivity index (χ1) is 16.9. The zero-order chi connectivity index (χ0) is 25.4. The number of methoxy groups -OCH3 is 1. The summed E-state index contributed by atoms with van der Waals surface area (Å²) in [4.78, 5) is 12.3. The number of hydrogen-bond donors (Lipinski definition) is 2. The highest BCUT2D eigenvalue weighted by atomic mass is 35.5. The zero-order valence-corrected chi connectivity index (χ0v) is 21.6.